The van der Waals surface area contributed by atoms with Gasteiger partial charge in [-0.15, -0.1) is 22.7 Å². The van der Waals surface area contributed by atoms with Crippen molar-refractivity contribution in [2.75, 3.05) is 0 Å². The van der Waals surface area contributed by atoms with Gasteiger partial charge in [0.1, 0.15) is 11.6 Å². The summed E-state index contributed by atoms with van der Waals surface area (Å²) in [5.41, 5.74) is 14.2. The van der Waals surface area contributed by atoms with Gasteiger partial charge in [-0.1, -0.05) is 80.6 Å². The fraction of sp³-hybridized carbons (Fsp3) is 0.136. The molecule has 3 aromatic heterocycles. The highest BCUT2D eigenvalue weighted by Gasteiger charge is 2.36. The molecular weight excluding hydrogens is 653 g/mol. The van der Waals surface area contributed by atoms with Gasteiger partial charge in [0.2, 0.25) is 0 Å². The number of carbonyl (C=O) groups is 1. The average Bonchev–Trinajstić information content (AvgIpc) is 3.93. The Morgan fingerprint density at radius 3 is 2.30 bits per heavy atom. The van der Waals surface area contributed by atoms with Gasteiger partial charge in [0.25, 0.3) is 0 Å². The Kier molecular flexibility index (Phi) is 7.06. The maximum Gasteiger partial charge on any atom is 0.346 e. The summed E-state index contributed by atoms with van der Waals surface area (Å²) >= 11 is 3.27. The van der Waals surface area contributed by atoms with Gasteiger partial charge >= 0.3 is 5.97 Å². The lowest BCUT2D eigenvalue weighted by Gasteiger charge is -2.22. The number of carboxylic acid groups (broad SMARTS) is 1. The number of aryl methyl sites for hydroxylation is 2. The Bertz CT molecular complexity index is 2590. The minimum atomic E-state index is -1.21. The first-order chi connectivity index (χ1) is 24.3. The first-order valence-electron chi connectivity index (χ1n) is 16.9. The molecule has 0 atom stereocenters. The van der Waals surface area contributed by atoms with Crippen LogP contribution in [0.3, 0.4) is 0 Å². The van der Waals surface area contributed by atoms with E-state index in [4.69, 9.17) is 0 Å². The number of nitrogens with zero attached hydrogens (tertiary/aromatic N) is 2. The number of nitriles is 1. The minimum Gasteiger partial charge on any atom is -0.477 e. The third-order valence-corrected chi connectivity index (χ3v) is 12.8. The van der Waals surface area contributed by atoms with E-state index in [1.165, 1.54) is 89.1 Å². The van der Waals surface area contributed by atoms with Crippen LogP contribution in [0.25, 0.3) is 65.2 Å². The van der Waals surface area contributed by atoms with Gasteiger partial charge < -0.3 is 9.67 Å². The largest absolute Gasteiger partial charge is 0.477 e. The molecule has 3 heterocycles. The van der Waals surface area contributed by atoms with Crippen LogP contribution >= 0.6 is 22.7 Å². The van der Waals surface area contributed by atoms with Crippen LogP contribution in [0.15, 0.2) is 115 Å². The number of aromatic nitrogens is 1. The molecule has 242 valence electrons. The topological polar surface area (TPSA) is 66.0 Å². The molecule has 0 amide bonds. The number of hydrogen-bond donors (Lipinski definition) is 1. The lowest BCUT2D eigenvalue weighted by atomic mass is 9.82. The van der Waals surface area contributed by atoms with E-state index in [-0.39, 0.29) is 11.0 Å². The zero-order valence-corrected chi connectivity index (χ0v) is 29.3. The van der Waals surface area contributed by atoms with Crippen molar-refractivity contribution in [3.8, 4) is 54.3 Å². The van der Waals surface area contributed by atoms with Crippen molar-refractivity contribution in [3.05, 3.63) is 142 Å². The molecule has 50 heavy (non-hydrogen) atoms. The highest BCUT2D eigenvalue weighted by atomic mass is 32.1. The molecule has 2 aliphatic rings. The number of fused-ring (bicyclic) bond motifs is 3. The van der Waals surface area contributed by atoms with Crippen LogP contribution in [-0.4, -0.2) is 15.6 Å². The quantitative estimate of drug-likeness (QED) is 0.140. The summed E-state index contributed by atoms with van der Waals surface area (Å²) in [5.74, 6) is -1.21. The van der Waals surface area contributed by atoms with Gasteiger partial charge in [-0.3, -0.25) is 0 Å². The molecule has 0 saturated heterocycles. The first kappa shape index (κ1) is 30.6. The van der Waals surface area contributed by atoms with Crippen molar-refractivity contribution in [2.24, 2.45) is 0 Å². The van der Waals surface area contributed by atoms with E-state index in [0.29, 0.717) is 0 Å². The maximum absolute atomic E-state index is 11.4. The van der Waals surface area contributed by atoms with Crippen LogP contribution in [0, 0.1) is 11.3 Å². The number of aliphatic carboxylic acids is 1. The molecule has 0 spiro atoms. The summed E-state index contributed by atoms with van der Waals surface area (Å²) in [4.78, 5) is 15.5. The second-order valence-electron chi connectivity index (χ2n) is 13.6. The van der Waals surface area contributed by atoms with E-state index in [2.05, 4.69) is 115 Å². The highest BCUT2D eigenvalue weighted by molar-refractivity contribution is 7.24. The van der Waals surface area contributed by atoms with E-state index in [0.717, 1.165) is 33.9 Å². The summed E-state index contributed by atoms with van der Waals surface area (Å²) in [6, 6.07) is 41.5. The van der Waals surface area contributed by atoms with E-state index >= 15 is 0 Å². The molecule has 4 nitrogen and oxygen atoms in total. The Hall–Kier alpha value is -5.48. The number of benzene rings is 4. The molecule has 0 radical (unpaired) electrons. The smallest absolute Gasteiger partial charge is 0.346 e. The van der Waals surface area contributed by atoms with Crippen LogP contribution in [-0.2, 0) is 23.1 Å². The normalized spacial score (nSPS) is 14.4. The van der Waals surface area contributed by atoms with Gasteiger partial charge in [-0.2, -0.15) is 5.26 Å². The first-order valence-corrected chi connectivity index (χ1v) is 18.5. The zero-order valence-electron chi connectivity index (χ0n) is 27.7. The number of thiophene rings is 2. The molecule has 0 aliphatic heterocycles. The van der Waals surface area contributed by atoms with Crippen molar-refractivity contribution in [3.63, 3.8) is 0 Å². The van der Waals surface area contributed by atoms with Crippen molar-refractivity contribution in [1.29, 1.82) is 5.26 Å². The monoisotopic (exact) mass is 684 g/mol. The lowest BCUT2D eigenvalue weighted by molar-refractivity contribution is -0.132. The molecule has 7 aromatic rings. The molecule has 0 bridgehead atoms. The molecule has 1 N–H and O–H groups in total. The molecule has 0 fully saturated rings. The van der Waals surface area contributed by atoms with Crippen LogP contribution in [0.2, 0.25) is 0 Å². The summed E-state index contributed by atoms with van der Waals surface area (Å²) in [7, 11) is 0. The minimum absolute atomic E-state index is 0.0856. The molecule has 2 aliphatic carbocycles. The fourth-order valence-corrected chi connectivity index (χ4v) is 10.3. The Morgan fingerprint density at radius 1 is 0.780 bits per heavy atom. The van der Waals surface area contributed by atoms with Crippen LogP contribution < -0.4 is 0 Å². The standard InChI is InChI=1S/C44H32N2O2S2/c1-44(2)35-14-7-6-11-30(35)31-17-15-28(24-36(31)44)46-37-19-18-32(33-12-8-13-34(41(33)37)42(46)26-9-4-3-5-10-26)38-21-22-40(50-38)39-20-16-29(49-39)23-27(25-45)43(47)48/h3-7,9-11,14-24H,8,12-13H2,1-2H3,(H,47,48)/b27-23-. The van der Waals surface area contributed by atoms with Crippen molar-refractivity contribution >= 4 is 45.6 Å². The van der Waals surface area contributed by atoms with Crippen LogP contribution in [0.4, 0.5) is 0 Å². The molecule has 0 saturated carbocycles. The molecule has 0 unspecified atom stereocenters. The van der Waals surface area contributed by atoms with Gasteiger partial charge in [-0.25, -0.2) is 4.79 Å². The predicted molar refractivity (Wildman–Crippen MR) is 206 cm³/mol. The zero-order chi connectivity index (χ0) is 34.1. The van der Waals surface area contributed by atoms with E-state index < -0.39 is 5.97 Å². The van der Waals surface area contributed by atoms with Gasteiger partial charge in [0, 0.05) is 36.0 Å². The number of hydrogen-bond acceptors (Lipinski definition) is 4. The summed E-state index contributed by atoms with van der Waals surface area (Å²) in [6.07, 6.45) is 4.60. The van der Waals surface area contributed by atoms with Crippen molar-refractivity contribution < 1.29 is 9.90 Å². The van der Waals surface area contributed by atoms with Gasteiger partial charge in [0.05, 0.1) is 11.2 Å². The fourth-order valence-electron chi connectivity index (χ4n) is 8.17. The third kappa shape index (κ3) is 4.65. The van der Waals surface area contributed by atoms with E-state index in [1.54, 1.807) is 17.4 Å². The SMILES string of the molecule is CC1(C)c2ccccc2-c2ccc(-n3c(-c4ccccc4)c4c5c(c(-c6ccc(-c7ccc(/C=C(/C#N)C(=O)O)s7)s6)ccc53)CCC4)cc21. The van der Waals surface area contributed by atoms with E-state index in [9.17, 15) is 15.2 Å². The predicted octanol–water partition coefficient (Wildman–Crippen LogP) is 11.5. The highest BCUT2D eigenvalue weighted by Crippen LogP contribution is 2.51. The molecular formula is C44H32N2O2S2. The number of rotatable bonds is 6. The Labute approximate surface area is 298 Å². The third-order valence-electron chi connectivity index (χ3n) is 10.4. The van der Waals surface area contributed by atoms with Crippen LogP contribution in [0.5, 0.6) is 0 Å². The molecule has 6 heteroatoms. The van der Waals surface area contributed by atoms with Gasteiger partial charge in [0.15, 0.2) is 0 Å². The summed E-state index contributed by atoms with van der Waals surface area (Å²) in [5, 5.41) is 19.9. The molecule has 4 aromatic carbocycles. The summed E-state index contributed by atoms with van der Waals surface area (Å²) in [6.45, 7) is 4.69. The Morgan fingerprint density at radius 2 is 1.48 bits per heavy atom. The Balaban J connectivity index is 1.20. The van der Waals surface area contributed by atoms with Crippen LogP contribution in [0.1, 0.15) is 47.4 Å². The maximum atomic E-state index is 11.4. The number of carboxylic acids is 1. The van der Waals surface area contributed by atoms with E-state index in [1.807, 2.05) is 12.1 Å². The molecule has 9 rings (SSSR count). The second kappa shape index (κ2) is 11.6. The lowest BCUT2D eigenvalue weighted by Crippen LogP contribution is -2.15. The average molecular weight is 685 g/mol. The summed E-state index contributed by atoms with van der Waals surface area (Å²) < 4.78 is 2.52. The van der Waals surface area contributed by atoms with Crippen molar-refractivity contribution in [2.45, 2.75) is 38.5 Å². The van der Waals surface area contributed by atoms with Crippen molar-refractivity contribution in [1.82, 2.24) is 4.57 Å². The van der Waals surface area contributed by atoms with Gasteiger partial charge in [-0.05, 0) is 112 Å². The second-order valence-corrected chi connectivity index (χ2v) is 15.8.